The lowest BCUT2D eigenvalue weighted by molar-refractivity contribution is -0.123. The van der Waals surface area contributed by atoms with Gasteiger partial charge in [-0.15, -0.1) is 0 Å². The van der Waals surface area contributed by atoms with Crippen LogP contribution in [0.5, 0.6) is 0 Å². The maximum absolute atomic E-state index is 10.3. The van der Waals surface area contributed by atoms with Gasteiger partial charge in [-0.2, -0.15) is 0 Å². The molecular weight excluding hydrogens is 394 g/mol. The number of fused-ring (bicyclic) bond motifs is 5. The second-order valence-electron chi connectivity index (χ2n) is 12.3. The number of aryl methyl sites for hydroxylation is 2. The highest BCUT2D eigenvalue weighted by Crippen LogP contribution is 2.67. The summed E-state index contributed by atoms with van der Waals surface area (Å²) in [7, 11) is 0. The van der Waals surface area contributed by atoms with Crippen molar-refractivity contribution in [3.05, 3.63) is 35.4 Å². The van der Waals surface area contributed by atoms with Crippen LogP contribution in [0.4, 0.5) is 0 Å². The smallest absolute Gasteiger partial charge is 0.0610 e. The number of hydrogen-bond acceptors (Lipinski definition) is 3. The van der Waals surface area contributed by atoms with Gasteiger partial charge in [-0.3, -0.25) is 0 Å². The largest absolute Gasteiger partial charge is 0.411 e. The van der Waals surface area contributed by atoms with Gasteiger partial charge in [0.05, 0.1) is 11.8 Å². The van der Waals surface area contributed by atoms with Crippen molar-refractivity contribution in [2.75, 3.05) is 0 Å². The van der Waals surface area contributed by atoms with Crippen molar-refractivity contribution in [3.63, 3.8) is 0 Å². The van der Waals surface area contributed by atoms with Gasteiger partial charge in [-0.05, 0) is 118 Å². The predicted molar refractivity (Wildman–Crippen MR) is 130 cm³/mol. The fraction of sp³-hybridized carbons (Fsp3) is 0.759. The highest BCUT2D eigenvalue weighted by Gasteiger charge is 2.60. The monoisotopic (exact) mass is 437 g/mol. The van der Waals surface area contributed by atoms with E-state index in [9.17, 15) is 10.3 Å². The third-order valence-electron chi connectivity index (χ3n) is 11.0. The van der Waals surface area contributed by atoms with E-state index in [-0.39, 0.29) is 11.5 Å². The zero-order valence-corrected chi connectivity index (χ0v) is 20.4. The first-order chi connectivity index (χ1) is 15.3. The Balaban J connectivity index is 1.31. The summed E-state index contributed by atoms with van der Waals surface area (Å²) in [4.78, 5) is 0. The minimum Gasteiger partial charge on any atom is -0.411 e. The molecule has 1 aromatic carbocycles. The van der Waals surface area contributed by atoms with Crippen molar-refractivity contribution in [3.8, 4) is 0 Å². The summed E-state index contributed by atoms with van der Waals surface area (Å²) in [6.07, 6.45) is 12.8. The third kappa shape index (κ3) is 3.63. The van der Waals surface area contributed by atoms with E-state index in [0.717, 1.165) is 55.1 Å². The van der Waals surface area contributed by atoms with Crippen LogP contribution >= 0.6 is 0 Å². The van der Waals surface area contributed by atoms with Gasteiger partial charge in [0.25, 0.3) is 0 Å². The van der Waals surface area contributed by atoms with Gasteiger partial charge < -0.3 is 10.3 Å². The molecule has 4 saturated carbocycles. The molecule has 0 radical (unpaired) electrons. The van der Waals surface area contributed by atoms with Crippen LogP contribution in [0, 0.1) is 47.3 Å². The Bertz CT molecular complexity index is 847. The maximum Gasteiger partial charge on any atom is 0.0610 e. The topological polar surface area (TPSA) is 52.8 Å². The van der Waals surface area contributed by atoms with Crippen LogP contribution in [0.15, 0.2) is 29.4 Å². The van der Waals surface area contributed by atoms with E-state index in [4.69, 9.17) is 0 Å². The summed E-state index contributed by atoms with van der Waals surface area (Å²) in [6.45, 7) is 7.23. The SMILES string of the molecule is Cc1ccc(CCC(=NO)[C@H]2CC[C@H]3[C@@H]4CC[C@H]5C[C@@H](O)CC[C@]5(C)[C@H]4CC[C@]23C)cc1. The van der Waals surface area contributed by atoms with Gasteiger partial charge in [-0.1, -0.05) is 48.8 Å². The maximum atomic E-state index is 10.3. The minimum atomic E-state index is -0.0637. The Morgan fingerprint density at radius 3 is 2.41 bits per heavy atom. The van der Waals surface area contributed by atoms with Gasteiger partial charge in [0, 0.05) is 5.92 Å². The van der Waals surface area contributed by atoms with E-state index in [0.29, 0.717) is 11.3 Å². The van der Waals surface area contributed by atoms with Crippen molar-refractivity contribution >= 4 is 5.71 Å². The summed E-state index contributed by atoms with van der Waals surface area (Å²) < 4.78 is 0. The molecule has 2 N–H and O–H groups in total. The lowest BCUT2D eigenvalue weighted by Gasteiger charge is -2.61. The zero-order chi connectivity index (χ0) is 22.5. The average Bonchev–Trinajstić information content (AvgIpc) is 3.13. The summed E-state index contributed by atoms with van der Waals surface area (Å²) in [6, 6.07) is 8.80. The molecule has 176 valence electrons. The summed E-state index contributed by atoms with van der Waals surface area (Å²) in [5.74, 6) is 3.58. The Hall–Kier alpha value is -1.35. The van der Waals surface area contributed by atoms with Gasteiger partial charge >= 0.3 is 0 Å². The van der Waals surface area contributed by atoms with Gasteiger partial charge in [0.2, 0.25) is 0 Å². The molecule has 0 bridgehead atoms. The van der Waals surface area contributed by atoms with Gasteiger partial charge in [0.1, 0.15) is 0 Å². The molecule has 0 aromatic heterocycles. The number of rotatable bonds is 4. The molecule has 0 unspecified atom stereocenters. The van der Waals surface area contributed by atoms with Crippen molar-refractivity contribution in [2.45, 2.75) is 97.5 Å². The highest BCUT2D eigenvalue weighted by molar-refractivity contribution is 5.87. The van der Waals surface area contributed by atoms with E-state index in [1.807, 2.05) is 0 Å². The van der Waals surface area contributed by atoms with Crippen LogP contribution in [0.25, 0.3) is 0 Å². The minimum absolute atomic E-state index is 0.0637. The summed E-state index contributed by atoms with van der Waals surface area (Å²) >= 11 is 0. The number of nitrogens with zero attached hydrogens (tertiary/aromatic N) is 1. The van der Waals surface area contributed by atoms with E-state index >= 15 is 0 Å². The van der Waals surface area contributed by atoms with E-state index in [1.54, 1.807) is 0 Å². The molecule has 4 aliphatic rings. The zero-order valence-electron chi connectivity index (χ0n) is 20.4. The van der Waals surface area contributed by atoms with E-state index < -0.39 is 0 Å². The lowest BCUT2D eigenvalue weighted by Crippen LogP contribution is -2.54. The average molecular weight is 438 g/mol. The summed E-state index contributed by atoms with van der Waals surface area (Å²) in [5, 5.41) is 24.2. The van der Waals surface area contributed by atoms with Crippen LogP contribution in [-0.4, -0.2) is 22.1 Å². The molecule has 0 saturated heterocycles. The Kier molecular flexibility index (Phi) is 5.93. The molecule has 3 heteroatoms. The molecule has 0 spiro atoms. The number of aliphatic hydroxyl groups is 1. The standard InChI is InChI=1S/C29H43NO2/c1-19-4-6-20(7-5-19)8-13-27(30-32)26-12-11-24-23-10-9-21-18-22(31)14-16-28(21,2)25(23)15-17-29(24,26)3/h4-7,21-26,31-32H,8-18H2,1-3H3/t21-,22-,23-,24-,25-,26+,28-,29-/m0/s1. The van der Waals surface area contributed by atoms with E-state index in [2.05, 4.69) is 50.2 Å². The normalized spacial score (nSPS) is 43.9. The lowest BCUT2D eigenvalue weighted by atomic mass is 9.44. The Morgan fingerprint density at radius 1 is 0.938 bits per heavy atom. The van der Waals surface area contributed by atoms with Crippen LogP contribution in [0.3, 0.4) is 0 Å². The Labute approximate surface area is 194 Å². The third-order valence-corrected chi connectivity index (χ3v) is 11.0. The first-order valence-corrected chi connectivity index (χ1v) is 13.3. The van der Waals surface area contributed by atoms with Crippen molar-refractivity contribution in [2.24, 2.45) is 45.6 Å². The van der Waals surface area contributed by atoms with E-state index in [1.165, 1.54) is 56.1 Å². The first-order valence-electron chi connectivity index (χ1n) is 13.3. The molecule has 3 nitrogen and oxygen atoms in total. The highest BCUT2D eigenvalue weighted by atomic mass is 16.4. The van der Waals surface area contributed by atoms with Crippen molar-refractivity contribution in [1.29, 1.82) is 0 Å². The van der Waals surface area contributed by atoms with Crippen molar-refractivity contribution in [1.82, 2.24) is 0 Å². The molecule has 0 heterocycles. The molecule has 32 heavy (non-hydrogen) atoms. The first kappa shape index (κ1) is 22.4. The van der Waals surface area contributed by atoms with Crippen LogP contribution < -0.4 is 0 Å². The number of aliphatic hydroxyl groups excluding tert-OH is 1. The van der Waals surface area contributed by atoms with Gasteiger partial charge in [-0.25, -0.2) is 0 Å². The number of oxime groups is 1. The van der Waals surface area contributed by atoms with Crippen LogP contribution in [0.2, 0.25) is 0 Å². The van der Waals surface area contributed by atoms with Crippen LogP contribution in [-0.2, 0) is 6.42 Å². The molecule has 5 rings (SSSR count). The molecule has 4 fully saturated rings. The quantitative estimate of drug-likeness (QED) is 0.310. The number of benzene rings is 1. The molecule has 1 aromatic rings. The second kappa shape index (κ2) is 8.46. The van der Waals surface area contributed by atoms with Crippen LogP contribution in [0.1, 0.15) is 89.2 Å². The Morgan fingerprint density at radius 2 is 1.66 bits per heavy atom. The molecule has 0 amide bonds. The predicted octanol–water partition coefficient (Wildman–Crippen LogP) is 6.78. The molecular formula is C29H43NO2. The summed E-state index contributed by atoms with van der Waals surface area (Å²) in [5.41, 5.74) is 4.40. The molecule has 4 aliphatic carbocycles. The second-order valence-corrected chi connectivity index (χ2v) is 12.3. The van der Waals surface area contributed by atoms with Crippen molar-refractivity contribution < 1.29 is 10.3 Å². The number of hydrogen-bond donors (Lipinski definition) is 2. The van der Waals surface area contributed by atoms with Gasteiger partial charge in [0.15, 0.2) is 0 Å². The fourth-order valence-electron chi connectivity index (χ4n) is 9.10. The fourth-order valence-corrected chi connectivity index (χ4v) is 9.10. The molecule has 0 aliphatic heterocycles. The molecule has 8 atom stereocenters.